The van der Waals surface area contributed by atoms with Crippen LogP contribution < -0.4 is 0 Å². The molecule has 0 unspecified atom stereocenters. The molecule has 0 aliphatic rings. The van der Waals surface area contributed by atoms with E-state index in [1.165, 1.54) is 4.90 Å². The summed E-state index contributed by atoms with van der Waals surface area (Å²) in [7, 11) is 0. The maximum atomic E-state index is 11.9. The summed E-state index contributed by atoms with van der Waals surface area (Å²) in [5.74, 6) is -2.54. The molecule has 0 spiro atoms. The van der Waals surface area contributed by atoms with E-state index in [9.17, 15) is 19.2 Å². The highest BCUT2D eigenvalue weighted by Crippen LogP contribution is 1.95. The first-order valence-corrected chi connectivity index (χ1v) is 6.60. The molecule has 0 aromatic heterocycles. The van der Waals surface area contributed by atoms with Crippen molar-refractivity contribution in [3.63, 3.8) is 0 Å². The van der Waals surface area contributed by atoms with E-state index in [1.807, 2.05) is 0 Å². The number of nitrogens with zero attached hydrogens (tertiary/aromatic N) is 1. The highest BCUT2D eigenvalue weighted by atomic mass is 16.5. The number of carbonyl (C=O) groups excluding carboxylic acids is 4. The number of esters is 3. The molecule has 23 heavy (non-hydrogen) atoms. The number of rotatable bonds is 11. The van der Waals surface area contributed by atoms with Gasteiger partial charge in [-0.3, -0.25) is 4.79 Å². The molecule has 0 radical (unpaired) electrons. The molecule has 0 rings (SSSR count). The summed E-state index contributed by atoms with van der Waals surface area (Å²) in [6.07, 6.45) is 2.91. The van der Waals surface area contributed by atoms with Gasteiger partial charge in [0.15, 0.2) is 6.61 Å². The number of amides is 1. The Morgan fingerprint density at radius 1 is 0.739 bits per heavy atom. The number of ether oxygens (including phenoxy) is 3. The van der Waals surface area contributed by atoms with E-state index in [4.69, 9.17) is 9.47 Å². The molecule has 0 atom stereocenters. The van der Waals surface area contributed by atoms with Gasteiger partial charge in [0.1, 0.15) is 13.2 Å². The lowest BCUT2D eigenvalue weighted by Gasteiger charge is -2.22. The first kappa shape index (κ1) is 20.1. The van der Waals surface area contributed by atoms with Crippen LogP contribution in [0, 0.1) is 0 Å². The molecule has 0 aliphatic heterocycles. The first-order valence-electron chi connectivity index (χ1n) is 6.60. The third-order valence-electron chi connectivity index (χ3n) is 2.40. The van der Waals surface area contributed by atoms with Gasteiger partial charge in [0.25, 0.3) is 5.91 Å². The lowest BCUT2D eigenvalue weighted by Crippen LogP contribution is -2.39. The van der Waals surface area contributed by atoms with Crippen LogP contribution in [0.2, 0.25) is 0 Å². The molecule has 126 valence electrons. The average molecular weight is 325 g/mol. The van der Waals surface area contributed by atoms with Gasteiger partial charge >= 0.3 is 17.9 Å². The van der Waals surface area contributed by atoms with Crippen molar-refractivity contribution in [3.05, 3.63) is 38.0 Å². The Bertz CT molecular complexity index is 458. The van der Waals surface area contributed by atoms with Crippen LogP contribution in [-0.2, 0) is 33.4 Å². The van der Waals surface area contributed by atoms with Crippen molar-refractivity contribution in [1.82, 2.24) is 4.90 Å². The third kappa shape index (κ3) is 9.62. The number of hydrogen-bond acceptors (Lipinski definition) is 7. The van der Waals surface area contributed by atoms with E-state index >= 15 is 0 Å². The monoisotopic (exact) mass is 325 g/mol. The zero-order valence-electron chi connectivity index (χ0n) is 12.7. The fourth-order valence-electron chi connectivity index (χ4n) is 1.27. The lowest BCUT2D eigenvalue weighted by atomic mass is 10.4. The molecule has 0 aromatic rings. The third-order valence-corrected chi connectivity index (χ3v) is 2.40. The van der Waals surface area contributed by atoms with Crippen molar-refractivity contribution in [1.29, 1.82) is 0 Å². The summed E-state index contributed by atoms with van der Waals surface area (Å²) >= 11 is 0. The van der Waals surface area contributed by atoms with Crippen LogP contribution >= 0.6 is 0 Å². The van der Waals surface area contributed by atoms with Gasteiger partial charge < -0.3 is 19.1 Å². The normalized spacial score (nSPS) is 9.22. The quantitative estimate of drug-likeness (QED) is 0.299. The van der Waals surface area contributed by atoms with Crippen LogP contribution in [0.25, 0.3) is 0 Å². The van der Waals surface area contributed by atoms with E-state index in [0.717, 1.165) is 18.2 Å². The highest BCUT2D eigenvalue weighted by Gasteiger charge is 2.16. The Kier molecular flexibility index (Phi) is 10.2. The van der Waals surface area contributed by atoms with Gasteiger partial charge in [-0.05, 0) is 0 Å². The molecule has 0 aromatic carbocycles. The minimum absolute atomic E-state index is 0.0374. The summed E-state index contributed by atoms with van der Waals surface area (Å²) < 4.78 is 14.2. The van der Waals surface area contributed by atoms with Gasteiger partial charge in [0.2, 0.25) is 0 Å². The van der Waals surface area contributed by atoms with Crippen LogP contribution in [0.15, 0.2) is 38.0 Å². The molecule has 0 bridgehead atoms. The standard InChI is InChI=1S/C15H19NO7/c1-4-13(18)21-9-7-16(8-10-22-14(19)5-2)12(17)11-23-15(20)6-3/h4-6H,1-3,7-11H2. The Hall–Kier alpha value is -2.90. The maximum Gasteiger partial charge on any atom is 0.330 e. The minimum Gasteiger partial charge on any atom is -0.461 e. The largest absolute Gasteiger partial charge is 0.461 e. The van der Waals surface area contributed by atoms with Crippen LogP contribution in [0.4, 0.5) is 0 Å². The summed E-state index contributed by atoms with van der Waals surface area (Å²) in [4.78, 5) is 46.0. The van der Waals surface area contributed by atoms with E-state index in [1.54, 1.807) is 0 Å². The van der Waals surface area contributed by atoms with Crippen molar-refractivity contribution in [2.24, 2.45) is 0 Å². The van der Waals surface area contributed by atoms with Gasteiger partial charge in [-0.15, -0.1) is 0 Å². The van der Waals surface area contributed by atoms with Crippen molar-refractivity contribution >= 4 is 23.8 Å². The molecule has 1 amide bonds. The molecule has 8 nitrogen and oxygen atoms in total. The molecular formula is C15H19NO7. The van der Waals surface area contributed by atoms with Crippen LogP contribution in [-0.4, -0.2) is 61.6 Å². The Morgan fingerprint density at radius 3 is 1.52 bits per heavy atom. The van der Waals surface area contributed by atoms with Crippen LogP contribution in [0.1, 0.15) is 0 Å². The second-order valence-corrected chi connectivity index (χ2v) is 3.94. The second-order valence-electron chi connectivity index (χ2n) is 3.94. The van der Waals surface area contributed by atoms with E-state index in [0.29, 0.717) is 0 Å². The van der Waals surface area contributed by atoms with Crippen LogP contribution in [0.5, 0.6) is 0 Å². The predicted molar refractivity (Wildman–Crippen MR) is 80.0 cm³/mol. The highest BCUT2D eigenvalue weighted by molar-refractivity contribution is 5.85. The molecular weight excluding hydrogens is 306 g/mol. The first-order chi connectivity index (χ1) is 10.9. The zero-order valence-corrected chi connectivity index (χ0v) is 12.7. The SMILES string of the molecule is C=CC(=O)OCCN(CCOC(=O)C=C)C(=O)COC(=O)C=C. The minimum atomic E-state index is -0.741. The van der Waals surface area contributed by atoms with E-state index < -0.39 is 30.4 Å². The maximum absolute atomic E-state index is 11.9. The van der Waals surface area contributed by atoms with Crippen molar-refractivity contribution < 1.29 is 33.4 Å². The van der Waals surface area contributed by atoms with Crippen molar-refractivity contribution in [2.75, 3.05) is 32.9 Å². The molecule has 8 heteroatoms. The van der Waals surface area contributed by atoms with Gasteiger partial charge in [-0.25, -0.2) is 14.4 Å². The fourth-order valence-corrected chi connectivity index (χ4v) is 1.27. The smallest absolute Gasteiger partial charge is 0.330 e. The Labute approximate surface area is 134 Å². The molecule has 0 saturated carbocycles. The molecule has 0 heterocycles. The van der Waals surface area contributed by atoms with Gasteiger partial charge in [-0.2, -0.15) is 0 Å². The summed E-state index contributed by atoms with van der Waals surface area (Å²) in [5.41, 5.74) is 0. The molecule has 0 saturated heterocycles. The molecule has 0 aliphatic carbocycles. The Morgan fingerprint density at radius 2 is 1.13 bits per heavy atom. The van der Waals surface area contributed by atoms with Crippen molar-refractivity contribution in [2.45, 2.75) is 0 Å². The average Bonchev–Trinajstić information content (AvgIpc) is 2.57. The predicted octanol–water partition coefficient (Wildman–Crippen LogP) is 0.00260. The fraction of sp³-hybridized carbons (Fsp3) is 0.333. The number of carbonyl (C=O) groups is 4. The number of hydrogen-bond donors (Lipinski definition) is 0. The topological polar surface area (TPSA) is 99.2 Å². The Balaban J connectivity index is 4.47. The van der Waals surface area contributed by atoms with Gasteiger partial charge in [-0.1, -0.05) is 19.7 Å². The second kappa shape index (κ2) is 11.7. The van der Waals surface area contributed by atoms with Crippen LogP contribution in [0.3, 0.4) is 0 Å². The van der Waals surface area contributed by atoms with E-state index in [2.05, 4.69) is 24.5 Å². The van der Waals surface area contributed by atoms with Crippen molar-refractivity contribution in [3.8, 4) is 0 Å². The lowest BCUT2D eigenvalue weighted by molar-refractivity contribution is -0.150. The zero-order chi connectivity index (χ0) is 17.7. The molecule has 0 fully saturated rings. The van der Waals surface area contributed by atoms with E-state index in [-0.39, 0.29) is 26.3 Å². The van der Waals surface area contributed by atoms with Gasteiger partial charge in [0.05, 0.1) is 13.1 Å². The van der Waals surface area contributed by atoms with Gasteiger partial charge in [0, 0.05) is 18.2 Å². The summed E-state index contributed by atoms with van der Waals surface area (Å²) in [6.45, 7) is 9.10. The summed E-state index contributed by atoms with van der Waals surface area (Å²) in [5, 5.41) is 0. The molecule has 0 N–H and O–H groups in total. The summed E-state index contributed by atoms with van der Waals surface area (Å²) in [6, 6.07) is 0.